The predicted octanol–water partition coefficient (Wildman–Crippen LogP) is 2.82. The van der Waals surface area contributed by atoms with Gasteiger partial charge in [0.25, 0.3) is 0 Å². The molecule has 0 heterocycles. The summed E-state index contributed by atoms with van der Waals surface area (Å²) in [6.07, 6.45) is -1.26. The highest BCUT2D eigenvalue weighted by Crippen LogP contribution is 2.17. The van der Waals surface area contributed by atoms with Crippen molar-refractivity contribution in [3.63, 3.8) is 0 Å². The van der Waals surface area contributed by atoms with Crippen molar-refractivity contribution >= 4 is 11.7 Å². The molecule has 21 heavy (non-hydrogen) atoms. The van der Waals surface area contributed by atoms with Crippen LogP contribution in [-0.2, 0) is 0 Å². The number of benzene rings is 2. The van der Waals surface area contributed by atoms with E-state index in [1.807, 2.05) is 6.07 Å². The van der Waals surface area contributed by atoms with E-state index in [4.69, 9.17) is 0 Å². The Labute approximate surface area is 120 Å². The molecule has 0 aliphatic rings. The smallest absolute Gasteiger partial charge is 0.319 e. The minimum Gasteiger partial charge on any atom is -0.386 e. The quantitative estimate of drug-likeness (QED) is 0.811. The van der Waals surface area contributed by atoms with Crippen LogP contribution in [0.25, 0.3) is 0 Å². The number of halogens is 2. The fourth-order valence-electron chi connectivity index (χ4n) is 1.77. The minimum absolute atomic E-state index is 0.0728. The highest BCUT2D eigenvalue weighted by molar-refractivity contribution is 5.89. The lowest BCUT2D eigenvalue weighted by Crippen LogP contribution is -2.32. The van der Waals surface area contributed by atoms with Crippen molar-refractivity contribution in [1.82, 2.24) is 5.32 Å². The van der Waals surface area contributed by atoms with Crippen LogP contribution in [0, 0.1) is 11.6 Å². The van der Waals surface area contributed by atoms with Crippen LogP contribution < -0.4 is 10.6 Å². The van der Waals surface area contributed by atoms with Crippen molar-refractivity contribution in [2.45, 2.75) is 6.10 Å². The van der Waals surface area contributed by atoms with E-state index in [2.05, 4.69) is 10.6 Å². The van der Waals surface area contributed by atoms with Gasteiger partial charge in [-0.15, -0.1) is 0 Å². The SMILES string of the molecule is O=C(NC[C@@H](O)c1ccc(F)cc1F)Nc1ccccc1. The molecule has 6 heteroatoms. The topological polar surface area (TPSA) is 61.4 Å². The average Bonchev–Trinajstić information content (AvgIpc) is 2.46. The Morgan fingerprint density at radius 2 is 1.86 bits per heavy atom. The molecule has 0 saturated carbocycles. The molecule has 0 spiro atoms. The van der Waals surface area contributed by atoms with Gasteiger partial charge >= 0.3 is 6.03 Å². The van der Waals surface area contributed by atoms with Gasteiger partial charge in [-0.3, -0.25) is 0 Å². The number of hydrogen-bond acceptors (Lipinski definition) is 2. The lowest BCUT2D eigenvalue weighted by Gasteiger charge is -2.13. The monoisotopic (exact) mass is 292 g/mol. The molecule has 0 unspecified atom stereocenters. The van der Waals surface area contributed by atoms with Gasteiger partial charge in [0.2, 0.25) is 0 Å². The Kier molecular flexibility index (Phi) is 4.84. The Balaban J connectivity index is 1.89. The van der Waals surface area contributed by atoms with E-state index in [0.717, 1.165) is 12.1 Å². The first-order chi connectivity index (χ1) is 10.1. The second-order valence-electron chi connectivity index (χ2n) is 4.38. The number of para-hydroxylation sites is 1. The summed E-state index contributed by atoms with van der Waals surface area (Å²) in [5, 5.41) is 14.8. The van der Waals surface area contributed by atoms with Gasteiger partial charge < -0.3 is 15.7 Å². The third kappa shape index (κ3) is 4.25. The number of urea groups is 1. The van der Waals surface area contributed by atoms with Gasteiger partial charge in [0.15, 0.2) is 0 Å². The molecule has 2 rings (SSSR count). The zero-order chi connectivity index (χ0) is 15.2. The summed E-state index contributed by atoms with van der Waals surface area (Å²) in [6, 6.07) is 11.1. The minimum atomic E-state index is -1.26. The number of anilines is 1. The van der Waals surface area contributed by atoms with Crippen LogP contribution in [0.5, 0.6) is 0 Å². The van der Waals surface area contributed by atoms with E-state index in [0.29, 0.717) is 11.8 Å². The Morgan fingerprint density at radius 3 is 2.52 bits per heavy atom. The molecule has 0 aromatic heterocycles. The summed E-state index contributed by atoms with van der Waals surface area (Å²) in [7, 11) is 0. The molecule has 4 nitrogen and oxygen atoms in total. The molecular formula is C15H14F2N2O2. The van der Waals surface area contributed by atoms with Crippen molar-refractivity contribution in [2.75, 3.05) is 11.9 Å². The van der Waals surface area contributed by atoms with Crippen molar-refractivity contribution in [1.29, 1.82) is 0 Å². The fourth-order valence-corrected chi connectivity index (χ4v) is 1.77. The molecule has 0 bridgehead atoms. The van der Waals surface area contributed by atoms with Crippen molar-refractivity contribution in [3.05, 3.63) is 65.7 Å². The Bertz CT molecular complexity index is 620. The molecular weight excluding hydrogens is 278 g/mol. The zero-order valence-electron chi connectivity index (χ0n) is 11.0. The van der Waals surface area contributed by atoms with Crippen LogP contribution in [0.4, 0.5) is 19.3 Å². The molecule has 2 aromatic rings. The molecule has 110 valence electrons. The van der Waals surface area contributed by atoms with Crippen LogP contribution in [0.3, 0.4) is 0 Å². The van der Waals surface area contributed by atoms with Gasteiger partial charge in [0.05, 0.1) is 6.10 Å². The molecule has 0 saturated heterocycles. The van der Waals surface area contributed by atoms with Gasteiger partial charge in [0.1, 0.15) is 11.6 Å². The first-order valence-electron chi connectivity index (χ1n) is 6.29. The lowest BCUT2D eigenvalue weighted by atomic mass is 10.1. The van der Waals surface area contributed by atoms with Gasteiger partial charge in [-0.05, 0) is 18.2 Å². The number of aliphatic hydroxyl groups is 1. The number of carbonyl (C=O) groups excluding carboxylic acids is 1. The Hall–Kier alpha value is -2.47. The molecule has 2 aromatic carbocycles. The van der Waals surface area contributed by atoms with Crippen LogP contribution in [-0.4, -0.2) is 17.7 Å². The summed E-state index contributed by atoms with van der Waals surface area (Å²) in [5.41, 5.74) is 0.522. The third-order valence-electron chi connectivity index (χ3n) is 2.81. The maximum absolute atomic E-state index is 13.4. The molecule has 1 atom stereocenters. The van der Waals surface area contributed by atoms with Gasteiger partial charge in [-0.25, -0.2) is 13.6 Å². The number of amides is 2. The number of aliphatic hydroxyl groups excluding tert-OH is 1. The van der Waals surface area contributed by atoms with E-state index in [1.165, 1.54) is 0 Å². The van der Waals surface area contributed by atoms with Crippen LogP contribution in [0.1, 0.15) is 11.7 Å². The molecule has 0 fully saturated rings. The molecule has 0 radical (unpaired) electrons. The average molecular weight is 292 g/mol. The molecule has 0 aliphatic carbocycles. The van der Waals surface area contributed by atoms with E-state index >= 15 is 0 Å². The maximum Gasteiger partial charge on any atom is 0.319 e. The lowest BCUT2D eigenvalue weighted by molar-refractivity contribution is 0.170. The van der Waals surface area contributed by atoms with Crippen molar-refractivity contribution in [2.24, 2.45) is 0 Å². The highest BCUT2D eigenvalue weighted by atomic mass is 19.1. The van der Waals surface area contributed by atoms with Crippen molar-refractivity contribution < 1.29 is 18.7 Å². The first-order valence-corrected chi connectivity index (χ1v) is 6.29. The summed E-state index contributed by atoms with van der Waals surface area (Å²) in [5.74, 6) is -1.58. The number of rotatable bonds is 4. The number of hydrogen-bond donors (Lipinski definition) is 3. The van der Waals surface area contributed by atoms with E-state index in [1.54, 1.807) is 24.3 Å². The van der Waals surface area contributed by atoms with E-state index in [9.17, 15) is 18.7 Å². The van der Waals surface area contributed by atoms with Crippen LogP contribution in [0.2, 0.25) is 0 Å². The second-order valence-corrected chi connectivity index (χ2v) is 4.38. The molecule has 3 N–H and O–H groups in total. The zero-order valence-corrected chi connectivity index (χ0v) is 11.0. The van der Waals surface area contributed by atoms with Crippen LogP contribution in [0.15, 0.2) is 48.5 Å². The van der Waals surface area contributed by atoms with Crippen molar-refractivity contribution in [3.8, 4) is 0 Å². The number of carbonyl (C=O) groups is 1. The fraction of sp³-hybridized carbons (Fsp3) is 0.133. The van der Waals surface area contributed by atoms with E-state index in [-0.39, 0.29) is 12.1 Å². The Morgan fingerprint density at radius 1 is 1.14 bits per heavy atom. The maximum atomic E-state index is 13.4. The summed E-state index contributed by atoms with van der Waals surface area (Å²) < 4.78 is 26.2. The third-order valence-corrected chi connectivity index (χ3v) is 2.81. The van der Waals surface area contributed by atoms with Gasteiger partial charge in [-0.1, -0.05) is 24.3 Å². The molecule has 2 amide bonds. The summed E-state index contributed by atoms with van der Waals surface area (Å²) in [6.45, 7) is -0.193. The summed E-state index contributed by atoms with van der Waals surface area (Å²) >= 11 is 0. The first kappa shape index (κ1) is 14.9. The standard InChI is InChI=1S/C15H14F2N2O2/c16-10-6-7-12(13(17)8-10)14(20)9-18-15(21)19-11-4-2-1-3-5-11/h1-8,14,20H,9H2,(H2,18,19,21)/t14-/m1/s1. The van der Waals surface area contributed by atoms with E-state index < -0.39 is 23.8 Å². The predicted molar refractivity (Wildman–Crippen MR) is 74.8 cm³/mol. The highest BCUT2D eigenvalue weighted by Gasteiger charge is 2.14. The van der Waals surface area contributed by atoms with Gasteiger partial charge in [0, 0.05) is 23.9 Å². The normalized spacial score (nSPS) is 11.8. The molecule has 0 aliphatic heterocycles. The summed E-state index contributed by atoms with van der Waals surface area (Å²) in [4.78, 5) is 11.6. The van der Waals surface area contributed by atoms with Gasteiger partial charge in [-0.2, -0.15) is 0 Å². The largest absolute Gasteiger partial charge is 0.386 e. The second kappa shape index (κ2) is 6.81. The number of nitrogens with one attached hydrogen (secondary N) is 2. The van der Waals surface area contributed by atoms with Crippen LogP contribution >= 0.6 is 0 Å².